The molecular weight excluding hydrogens is 428 g/mol. The number of fused-ring (bicyclic) bond motifs is 3. The molecule has 1 heterocycles. The van der Waals surface area contributed by atoms with E-state index in [4.69, 9.17) is 9.15 Å². The van der Waals surface area contributed by atoms with Crippen molar-refractivity contribution in [3.05, 3.63) is 108 Å². The minimum Gasteiger partial charge on any atom is -0.460 e. The fraction of sp³-hybridized carbons (Fsp3) is 0.138. The standard InChI is InChI=1S/C29H26O3S/c1-33(20-29(30)31-18-21-7-3-2-4-8-21)19-22-11-13-23(14-12-22)24-15-16-28-26(17-24)25-9-5-6-10-27(25)32-28/h2-17,33H,18-20H2,1H3. The van der Waals surface area contributed by atoms with Gasteiger partial charge >= 0.3 is 5.97 Å². The molecule has 0 N–H and O–H groups in total. The van der Waals surface area contributed by atoms with Gasteiger partial charge in [0.25, 0.3) is 0 Å². The van der Waals surface area contributed by atoms with Crippen LogP contribution in [-0.2, 0) is 21.9 Å². The summed E-state index contributed by atoms with van der Waals surface area (Å²) < 4.78 is 11.4. The van der Waals surface area contributed by atoms with E-state index in [1.54, 1.807) is 0 Å². The first-order chi connectivity index (χ1) is 16.2. The largest absolute Gasteiger partial charge is 0.460 e. The number of furan rings is 1. The Morgan fingerprint density at radius 2 is 1.45 bits per heavy atom. The smallest absolute Gasteiger partial charge is 0.314 e. The lowest BCUT2D eigenvalue weighted by atomic mass is 10.0. The van der Waals surface area contributed by atoms with Crippen LogP contribution in [0.5, 0.6) is 0 Å². The lowest BCUT2D eigenvalue weighted by Gasteiger charge is -2.16. The zero-order chi connectivity index (χ0) is 22.6. The molecule has 4 aromatic carbocycles. The molecule has 0 bridgehead atoms. The van der Waals surface area contributed by atoms with Crippen LogP contribution >= 0.6 is 10.9 Å². The molecule has 33 heavy (non-hydrogen) atoms. The van der Waals surface area contributed by atoms with E-state index < -0.39 is 10.9 Å². The van der Waals surface area contributed by atoms with Crippen molar-refractivity contribution in [3.63, 3.8) is 0 Å². The Morgan fingerprint density at radius 3 is 2.27 bits per heavy atom. The molecule has 0 radical (unpaired) electrons. The van der Waals surface area contributed by atoms with Gasteiger partial charge in [-0.3, -0.25) is 4.79 Å². The highest BCUT2D eigenvalue weighted by Gasteiger charge is 2.10. The van der Waals surface area contributed by atoms with Crippen molar-refractivity contribution in [1.82, 2.24) is 0 Å². The molecule has 0 aliphatic rings. The maximum absolute atomic E-state index is 12.2. The van der Waals surface area contributed by atoms with E-state index in [2.05, 4.69) is 48.7 Å². The molecule has 5 aromatic rings. The second kappa shape index (κ2) is 9.55. The van der Waals surface area contributed by atoms with Crippen molar-refractivity contribution in [3.8, 4) is 11.1 Å². The predicted molar refractivity (Wildman–Crippen MR) is 139 cm³/mol. The summed E-state index contributed by atoms with van der Waals surface area (Å²) in [7, 11) is -0.465. The van der Waals surface area contributed by atoms with Crippen LogP contribution in [-0.4, -0.2) is 18.0 Å². The zero-order valence-corrected chi connectivity index (χ0v) is 19.4. The van der Waals surface area contributed by atoms with E-state index in [9.17, 15) is 4.79 Å². The van der Waals surface area contributed by atoms with Gasteiger partial charge in [0.1, 0.15) is 17.8 Å². The molecule has 0 aliphatic heterocycles. The van der Waals surface area contributed by atoms with Gasteiger partial charge in [-0.1, -0.05) is 78.9 Å². The normalized spacial score (nSPS) is 12.7. The van der Waals surface area contributed by atoms with Crippen LogP contribution in [0.2, 0.25) is 0 Å². The first-order valence-electron chi connectivity index (χ1n) is 11.0. The third-order valence-electron chi connectivity index (χ3n) is 5.76. The molecule has 0 aliphatic carbocycles. The summed E-state index contributed by atoms with van der Waals surface area (Å²) in [6.07, 6.45) is 2.16. The molecule has 3 nitrogen and oxygen atoms in total. The van der Waals surface area contributed by atoms with Gasteiger partial charge in [0.15, 0.2) is 0 Å². The minimum atomic E-state index is -0.465. The van der Waals surface area contributed by atoms with Crippen LogP contribution in [0.3, 0.4) is 0 Å². The van der Waals surface area contributed by atoms with Gasteiger partial charge in [-0.25, -0.2) is 10.9 Å². The molecule has 1 atom stereocenters. The van der Waals surface area contributed by atoms with Crippen LogP contribution in [0.1, 0.15) is 11.1 Å². The molecule has 1 aromatic heterocycles. The van der Waals surface area contributed by atoms with Gasteiger partial charge in [-0.15, -0.1) is 0 Å². The fourth-order valence-electron chi connectivity index (χ4n) is 4.08. The fourth-order valence-corrected chi connectivity index (χ4v) is 5.56. The minimum absolute atomic E-state index is 0.121. The molecule has 0 fully saturated rings. The highest BCUT2D eigenvalue weighted by Crippen LogP contribution is 2.33. The number of hydrogen-bond donors (Lipinski definition) is 1. The van der Waals surface area contributed by atoms with Crippen LogP contribution < -0.4 is 0 Å². The van der Waals surface area contributed by atoms with E-state index in [1.165, 1.54) is 16.7 Å². The van der Waals surface area contributed by atoms with Crippen LogP contribution in [0.4, 0.5) is 0 Å². The van der Waals surface area contributed by atoms with Crippen molar-refractivity contribution >= 4 is 38.8 Å². The summed E-state index contributed by atoms with van der Waals surface area (Å²) in [5.74, 6) is 1.26. The summed E-state index contributed by atoms with van der Waals surface area (Å²) >= 11 is 0. The Bertz CT molecular complexity index is 1390. The second-order valence-electron chi connectivity index (χ2n) is 8.32. The van der Waals surface area contributed by atoms with Crippen molar-refractivity contribution in [2.24, 2.45) is 0 Å². The predicted octanol–water partition coefficient (Wildman–Crippen LogP) is 7.13. The number of ether oxygens (including phenoxy) is 1. The summed E-state index contributed by atoms with van der Waals surface area (Å²) in [5.41, 5.74) is 6.44. The maximum atomic E-state index is 12.2. The summed E-state index contributed by atoms with van der Waals surface area (Å²) in [4.78, 5) is 12.2. The molecule has 166 valence electrons. The van der Waals surface area contributed by atoms with Gasteiger partial charge in [0, 0.05) is 16.5 Å². The number of esters is 1. The summed E-state index contributed by atoms with van der Waals surface area (Å²) in [6, 6.07) is 33.0. The van der Waals surface area contributed by atoms with Crippen molar-refractivity contribution in [1.29, 1.82) is 0 Å². The highest BCUT2D eigenvalue weighted by atomic mass is 32.2. The Kier molecular flexibility index (Phi) is 6.18. The van der Waals surface area contributed by atoms with E-state index in [1.807, 2.05) is 54.6 Å². The number of carbonyl (C=O) groups is 1. The van der Waals surface area contributed by atoms with Crippen molar-refractivity contribution < 1.29 is 13.9 Å². The Balaban J connectivity index is 1.22. The Labute approximate surface area is 196 Å². The van der Waals surface area contributed by atoms with Gasteiger partial charge < -0.3 is 9.15 Å². The Morgan fingerprint density at radius 1 is 0.758 bits per heavy atom. The third-order valence-corrected chi connectivity index (χ3v) is 7.46. The highest BCUT2D eigenvalue weighted by molar-refractivity contribution is 8.16. The number of carbonyl (C=O) groups excluding carboxylic acids is 1. The van der Waals surface area contributed by atoms with Crippen LogP contribution in [0, 0.1) is 0 Å². The number of rotatable bonds is 7. The quantitative estimate of drug-likeness (QED) is 0.210. The van der Waals surface area contributed by atoms with Gasteiger partial charge in [0.05, 0.1) is 5.75 Å². The average molecular weight is 455 g/mol. The molecule has 0 spiro atoms. The van der Waals surface area contributed by atoms with Crippen molar-refractivity contribution in [2.75, 3.05) is 12.0 Å². The maximum Gasteiger partial charge on any atom is 0.314 e. The third kappa shape index (κ3) is 4.96. The molecule has 0 amide bonds. The molecule has 1 unspecified atom stereocenters. The molecular formula is C29H26O3S. The van der Waals surface area contributed by atoms with E-state index in [0.717, 1.165) is 33.3 Å². The molecule has 0 saturated heterocycles. The summed E-state index contributed by atoms with van der Waals surface area (Å²) in [5, 5.41) is 2.28. The summed E-state index contributed by atoms with van der Waals surface area (Å²) in [6.45, 7) is 0.341. The Hall–Kier alpha value is -3.50. The number of para-hydroxylation sites is 1. The second-order valence-corrected chi connectivity index (χ2v) is 10.7. The average Bonchev–Trinajstić information content (AvgIpc) is 3.22. The first kappa shape index (κ1) is 21.4. The SMILES string of the molecule is C[SH](CC(=O)OCc1ccccc1)Cc1ccc(-c2ccc3oc4ccccc4c3c2)cc1. The van der Waals surface area contributed by atoms with E-state index in [0.29, 0.717) is 12.4 Å². The van der Waals surface area contributed by atoms with Gasteiger partial charge in [0.2, 0.25) is 0 Å². The van der Waals surface area contributed by atoms with Crippen LogP contribution in [0.25, 0.3) is 33.1 Å². The lowest BCUT2D eigenvalue weighted by molar-refractivity contribution is -0.141. The number of benzene rings is 4. The van der Waals surface area contributed by atoms with Crippen LogP contribution in [0.15, 0.2) is 101 Å². The monoisotopic (exact) mass is 454 g/mol. The first-order valence-corrected chi connectivity index (χ1v) is 13.2. The van der Waals surface area contributed by atoms with Gasteiger partial charge in [-0.2, -0.15) is 0 Å². The number of thiol groups is 1. The van der Waals surface area contributed by atoms with Gasteiger partial charge in [-0.05, 0) is 46.7 Å². The van der Waals surface area contributed by atoms with E-state index in [-0.39, 0.29) is 5.97 Å². The topological polar surface area (TPSA) is 39.4 Å². The zero-order valence-electron chi connectivity index (χ0n) is 18.5. The number of hydrogen-bond acceptors (Lipinski definition) is 3. The van der Waals surface area contributed by atoms with E-state index >= 15 is 0 Å². The van der Waals surface area contributed by atoms with Crippen molar-refractivity contribution in [2.45, 2.75) is 12.4 Å². The molecule has 5 rings (SSSR count). The lowest BCUT2D eigenvalue weighted by Crippen LogP contribution is -2.10. The molecule has 0 saturated carbocycles. The molecule has 4 heteroatoms.